The summed E-state index contributed by atoms with van der Waals surface area (Å²) in [4.78, 5) is 25.8. The SMILES string of the molecule is CCc1cccc(-n2nc(C)cc2C(=O)Cc2cccc(C(O)c3ccccc3NC(=O)OC(C)(C)C)c2)c1. The minimum atomic E-state index is -1.02. The molecule has 1 atom stereocenters. The lowest BCUT2D eigenvalue weighted by Gasteiger charge is -2.21. The lowest BCUT2D eigenvalue weighted by Crippen LogP contribution is -2.27. The summed E-state index contributed by atoms with van der Waals surface area (Å²) in [7, 11) is 0. The third-order valence-corrected chi connectivity index (χ3v) is 6.20. The third-order valence-electron chi connectivity index (χ3n) is 6.20. The summed E-state index contributed by atoms with van der Waals surface area (Å²) in [6.07, 6.45) is -0.575. The molecule has 0 aliphatic heterocycles. The number of anilines is 1. The van der Waals surface area contributed by atoms with Gasteiger partial charge < -0.3 is 9.84 Å². The average molecular weight is 526 g/mol. The van der Waals surface area contributed by atoms with Crippen molar-refractivity contribution in [1.29, 1.82) is 0 Å². The van der Waals surface area contributed by atoms with Crippen LogP contribution in [0.2, 0.25) is 0 Å². The van der Waals surface area contributed by atoms with E-state index in [0.29, 0.717) is 22.5 Å². The van der Waals surface area contributed by atoms with Crippen LogP contribution in [-0.2, 0) is 17.6 Å². The van der Waals surface area contributed by atoms with Crippen LogP contribution in [0.5, 0.6) is 0 Å². The van der Waals surface area contributed by atoms with Gasteiger partial charge in [-0.1, -0.05) is 61.5 Å². The highest BCUT2D eigenvalue weighted by molar-refractivity contribution is 5.96. The zero-order valence-corrected chi connectivity index (χ0v) is 23.1. The van der Waals surface area contributed by atoms with Gasteiger partial charge in [-0.2, -0.15) is 5.10 Å². The van der Waals surface area contributed by atoms with Crippen LogP contribution in [0.25, 0.3) is 5.69 Å². The molecule has 1 unspecified atom stereocenters. The highest BCUT2D eigenvalue weighted by atomic mass is 16.6. The van der Waals surface area contributed by atoms with Gasteiger partial charge in [0.05, 0.1) is 17.1 Å². The highest BCUT2D eigenvalue weighted by Crippen LogP contribution is 2.29. The molecule has 1 amide bonds. The Morgan fingerprint density at radius 2 is 1.69 bits per heavy atom. The first-order valence-corrected chi connectivity index (χ1v) is 13.1. The number of para-hydroxylation sites is 1. The van der Waals surface area contributed by atoms with Crippen LogP contribution >= 0.6 is 0 Å². The molecular formula is C32H35N3O4. The van der Waals surface area contributed by atoms with Gasteiger partial charge in [0.15, 0.2) is 5.78 Å². The van der Waals surface area contributed by atoms with Gasteiger partial charge in [0, 0.05) is 12.0 Å². The number of nitrogens with one attached hydrogen (secondary N) is 1. The number of benzene rings is 3. The molecule has 0 saturated heterocycles. The number of aryl methyl sites for hydroxylation is 2. The van der Waals surface area contributed by atoms with Crippen LogP contribution in [0, 0.1) is 6.92 Å². The quantitative estimate of drug-likeness (QED) is 0.253. The van der Waals surface area contributed by atoms with Crippen molar-refractivity contribution in [3.8, 4) is 5.69 Å². The number of carbonyl (C=O) groups excluding carboxylic acids is 2. The van der Waals surface area contributed by atoms with Gasteiger partial charge in [-0.25, -0.2) is 9.48 Å². The van der Waals surface area contributed by atoms with Crippen LogP contribution in [0.3, 0.4) is 0 Å². The number of ether oxygens (including phenoxy) is 1. The lowest BCUT2D eigenvalue weighted by molar-refractivity contribution is 0.0635. The second-order valence-electron chi connectivity index (χ2n) is 10.6. The summed E-state index contributed by atoms with van der Waals surface area (Å²) in [5, 5.41) is 18.6. The van der Waals surface area contributed by atoms with Crippen LogP contribution < -0.4 is 5.32 Å². The second-order valence-corrected chi connectivity index (χ2v) is 10.6. The summed E-state index contributed by atoms with van der Waals surface area (Å²) < 4.78 is 7.07. The molecule has 7 heteroatoms. The normalized spacial score (nSPS) is 12.2. The van der Waals surface area contributed by atoms with E-state index >= 15 is 0 Å². The second kappa shape index (κ2) is 11.7. The number of ketones is 1. The Bertz CT molecular complexity index is 1480. The van der Waals surface area contributed by atoms with Crippen LogP contribution in [-0.4, -0.2) is 32.4 Å². The third kappa shape index (κ3) is 7.00. The maximum Gasteiger partial charge on any atom is 0.412 e. The minimum absolute atomic E-state index is 0.0730. The Hall–Kier alpha value is -4.23. The van der Waals surface area contributed by atoms with Gasteiger partial charge in [0.25, 0.3) is 0 Å². The van der Waals surface area contributed by atoms with Gasteiger partial charge >= 0.3 is 6.09 Å². The van der Waals surface area contributed by atoms with E-state index in [1.807, 2.05) is 43.3 Å². The zero-order chi connectivity index (χ0) is 28.2. The molecule has 1 aromatic heterocycles. The summed E-state index contributed by atoms with van der Waals surface area (Å²) in [5.74, 6) is -0.0730. The highest BCUT2D eigenvalue weighted by Gasteiger charge is 2.21. The van der Waals surface area contributed by atoms with Crippen molar-refractivity contribution in [2.75, 3.05) is 5.32 Å². The molecule has 39 heavy (non-hydrogen) atoms. The number of aliphatic hydroxyl groups excluding tert-OH is 1. The number of Topliss-reactive ketones (excluding diaryl/α,β-unsaturated/α-hetero) is 1. The molecule has 0 bridgehead atoms. The Morgan fingerprint density at radius 1 is 0.974 bits per heavy atom. The number of hydrogen-bond acceptors (Lipinski definition) is 5. The van der Waals surface area contributed by atoms with Crippen LogP contribution in [0.1, 0.15) is 72.2 Å². The summed E-state index contributed by atoms with van der Waals surface area (Å²) in [5.41, 5.74) is 5.00. The largest absolute Gasteiger partial charge is 0.444 e. The Balaban J connectivity index is 1.56. The fourth-order valence-corrected chi connectivity index (χ4v) is 4.39. The molecule has 0 fully saturated rings. The Kier molecular flexibility index (Phi) is 8.31. The van der Waals surface area contributed by atoms with Gasteiger partial charge in [0.2, 0.25) is 0 Å². The lowest BCUT2D eigenvalue weighted by atomic mass is 9.96. The topological polar surface area (TPSA) is 93.5 Å². The number of carbonyl (C=O) groups is 2. The van der Waals surface area contributed by atoms with E-state index in [4.69, 9.17) is 4.74 Å². The minimum Gasteiger partial charge on any atom is -0.444 e. The predicted molar refractivity (Wildman–Crippen MR) is 153 cm³/mol. The molecule has 3 aromatic carbocycles. The molecule has 0 aliphatic carbocycles. The molecule has 4 rings (SSSR count). The molecule has 0 radical (unpaired) electrons. The van der Waals surface area contributed by atoms with E-state index in [0.717, 1.165) is 23.4 Å². The predicted octanol–water partition coefficient (Wildman–Crippen LogP) is 6.60. The first-order chi connectivity index (χ1) is 18.5. The zero-order valence-electron chi connectivity index (χ0n) is 23.1. The monoisotopic (exact) mass is 525 g/mol. The van der Waals surface area contributed by atoms with Crippen molar-refractivity contribution < 1.29 is 19.4 Å². The molecule has 1 heterocycles. The van der Waals surface area contributed by atoms with Crippen molar-refractivity contribution in [3.05, 3.63) is 113 Å². The number of nitrogens with zero attached hydrogens (tertiary/aromatic N) is 2. The number of amides is 1. The summed E-state index contributed by atoms with van der Waals surface area (Å²) >= 11 is 0. The first-order valence-electron chi connectivity index (χ1n) is 13.1. The first kappa shape index (κ1) is 27.8. The number of rotatable bonds is 8. The Morgan fingerprint density at radius 3 is 2.44 bits per heavy atom. The van der Waals surface area contributed by atoms with E-state index in [-0.39, 0.29) is 12.2 Å². The van der Waals surface area contributed by atoms with E-state index < -0.39 is 17.8 Å². The average Bonchev–Trinajstić information content (AvgIpc) is 3.29. The fourth-order valence-electron chi connectivity index (χ4n) is 4.39. The van der Waals surface area contributed by atoms with Crippen molar-refractivity contribution in [1.82, 2.24) is 9.78 Å². The van der Waals surface area contributed by atoms with E-state index in [1.165, 1.54) is 5.56 Å². The molecule has 202 valence electrons. The Labute approximate surface area is 229 Å². The van der Waals surface area contributed by atoms with E-state index in [9.17, 15) is 14.7 Å². The molecule has 0 saturated carbocycles. The maximum atomic E-state index is 13.4. The fraction of sp³-hybridized carbons (Fsp3) is 0.281. The van der Waals surface area contributed by atoms with Crippen molar-refractivity contribution in [3.63, 3.8) is 0 Å². The van der Waals surface area contributed by atoms with Crippen LogP contribution in [0.4, 0.5) is 10.5 Å². The van der Waals surface area contributed by atoms with Crippen molar-refractivity contribution in [2.24, 2.45) is 0 Å². The smallest absolute Gasteiger partial charge is 0.412 e. The summed E-state index contributed by atoms with van der Waals surface area (Å²) in [6.45, 7) is 9.33. The van der Waals surface area contributed by atoms with Gasteiger partial charge in [-0.15, -0.1) is 0 Å². The standard InChI is InChI=1S/C32H35N3O4/c1-6-22-11-10-14-25(19-22)35-28(17-21(2)34-35)29(36)20-23-12-9-13-24(18-23)30(37)26-15-7-8-16-27(26)33-31(38)39-32(3,4)5/h7-19,30,37H,6,20H2,1-5H3,(H,33,38). The molecule has 7 nitrogen and oxygen atoms in total. The molecule has 4 aromatic rings. The number of aromatic nitrogens is 2. The van der Waals surface area contributed by atoms with Gasteiger partial charge in [-0.3, -0.25) is 10.1 Å². The number of hydrogen-bond donors (Lipinski definition) is 2. The van der Waals surface area contributed by atoms with E-state index in [2.05, 4.69) is 23.4 Å². The summed E-state index contributed by atoms with van der Waals surface area (Å²) in [6, 6.07) is 24.2. The van der Waals surface area contributed by atoms with Crippen molar-refractivity contribution >= 4 is 17.6 Å². The van der Waals surface area contributed by atoms with E-state index in [1.54, 1.807) is 61.9 Å². The van der Waals surface area contributed by atoms with Crippen LogP contribution in [0.15, 0.2) is 78.9 Å². The number of aliphatic hydroxyl groups is 1. The molecule has 0 spiro atoms. The van der Waals surface area contributed by atoms with Gasteiger partial charge in [0.1, 0.15) is 17.4 Å². The van der Waals surface area contributed by atoms with Gasteiger partial charge in [-0.05, 0) is 75.1 Å². The van der Waals surface area contributed by atoms with Crippen molar-refractivity contribution in [2.45, 2.75) is 59.2 Å². The molecule has 2 N–H and O–H groups in total. The molecule has 0 aliphatic rings. The maximum absolute atomic E-state index is 13.4. The molecular weight excluding hydrogens is 490 g/mol.